The topological polar surface area (TPSA) is 90.4 Å². The van der Waals surface area contributed by atoms with E-state index in [-0.39, 0.29) is 17.7 Å². The molecular formula is C16H19N7O2S. The van der Waals surface area contributed by atoms with E-state index in [1.54, 1.807) is 12.3 Å². The van der Waals surface area contributed by atoms with Crippen LogP contribution in [-0.2, 0) is 24.3 Å². The maximum Gasteiger partial charge on any atom is 0.275 e. The molecule has 2 atom stereocenters. The molecule has 0 bridgehead atoms. The quantitative estimate of drug-likeness (QED) is 0.666. The Labute approximate surface area is 153 Å². The van der Waals surface area contributed by atoms with E-state index in [1.165, 1.54) is 15.9 Å². The van der Waals surface area contributed by atoms with Gasteiger partial charge in [-0.05, 0) is 12.8 Å². The lowest BCUT2D eigenvalue weighted by molar-refractivity contribution is -0.0671. The molecule has 2 aliphatic heterocycles. The highest BCUT2D eigenvalue weighted by molar-refractivity contribution is 7.16. The zero-order valence-corrected chi connectivity index (χ0v) is 15.2. The number of hydrogen-bond acceptors (Lipinski definition) is 8. The number of likely N-dealkylation sites (tertiary alicyclic amines) is 1. The third-order valence-electron chi connectivity index (χ3n) is 5.04. The van der Waals surface area contributed by atoms with E-state index < -0.39 is 0 Å². The van der Waals surface area contributed by atoms with E-state index in [2.05, 4.69) is 25.3 Å². The van der Waals surface area contributed by atoms with Gasteiger partial charge in [0.15, 0.2) is 0 Å². The number of ether oxygens (including phenoxy) is 1. The normalized spacial score (nSPS) is 23.1. The third kappa shape index (κ3) is 2.65. The van der Waals surface area contributed by atoms with Crippen molar-refractivity contribution in [3.05, 3.63) is 39.0 Å². The molecule has 0 unspecified atom stereocenters. The molecule has 5 heterocycles. The van der Waals surface area contributed by atoms with Crippen molar-refractivity contribution in [3.8, 4) is 0 Å². The lowest BCUT2D eigenvalue weighted by Gasteiger charge is -2.40. The first-order valence-corrected chi connectivity index (χ1v) is 9.64. The monoisotopic (exact) mass is 373 g/mol. The second-order valence-electron chi connectivity index (χ2n) is 6.74. The van der Waals surface area contributed by atoms with Crippen LogP contribution in [0.15, 0.2) is 17.1 Å². The first-order chi connectivity index (χ1) is 12.7. The predicted octanol–water partition coefficient (Wildman–Crippen LogP) is 0.651. The average molecular weight is 373 g/mol. The van der Waals surface area contributed by atoms with Gasteiger partial charge in [-0.2, -0.15) is 9.61 Å². The van der Waals surface area contributed by atoms with Gasteiger partial charge in [0, 0.05) is 25.7 Å². The Balaban J connectivity index is 1.39. The van der Waals surface area contributed by atoms with E-state index in [9.17, 15) is 4.79 Å². The molecule has 2 aliphatic rings. The molecule has 10 heteroatoms. The second kappa shape index (κ2) is 6.22. The molecular weight excluding hydrogens is 354 g/mol. The molecule has 0 saturated carbocycles. The van der Waals surface area contributed by atoms with Gasteiger partial charge in [0.1, 0.15) is 5.01 Å². The number of aromatic nitrogens is 6. The molecule has 0 N–H and O–H groups in total. The van der Waals surface area contributed by atoms with Crippen LogP contribution in [0.3, 0.4) is 0 Å². The van der Waals surface area contributed by atoms with Gasteiger partial charge >= 0.3 is 0 Å². The second-order valence-corrected chi connectivity index (χ2v) is 7.78. The molecule has 0 amide bonds. The Bertz CT molecular complexity index is 1010. The maximum absolute atomic E-state index is 12.3. The molecule has 136 valence electrons. The lowest BCUT2D eigenvalue weighted by Crippen LogP contribution is -2.47. The Morgan fingerprint density at radius 3 is 3.23 bits per heavy atom. The van der Waals surface area contributed by atoms with Crippen molar-refractivity contribution in [2.75, 3.05) is 13.1 Å². The largest absolute Gasteiger partial charge is 0.370 e. The molecule has 3 aromatic rings. The number of nitrogens with zero attached hydrogens (tertiary/aromatic N) is 7. The van der Waals surface area contributed by atoms with Gasteiger partial charge in [-0.3, -0.25) is 9.69 Å². The predicted molar refractivity (Wildman–Crippen MR) is 94.0 cm³/mol. The van der Waals surface area contributed by atoms with Crippen LogP contribution in [0.4, 0.5) is 0 Å². The molecule has 0 aromatic carbocycles. The summed E-state index contributed by atoms with van der Waals surface area (Å²) in [6.07, 6.45) is 3.68. The van der Waals surface area contributed by atoms with Crippen molar-refractivity contribution >= 4 is 16.3 Å². The highest BCUT2D eigenvalue weighted by Gasteiger charge is 2.36. The lowest BCUT2D eigenvalue weighted by atomic mass is 10.0. The maximum atomic E-state index is 12.3. The van der Waals surface area contributed by atoms with Gasteiger partial charge in [-0.15, -0.1) is 5.10 Å². The Hall–Kier alpha value is -2.17. The Kier molecular flexibility index (Phi) is 3.84. The molecule has 9 nitrogen and oxygen atoms in total. The summed E-state index contributed by atoms with van der Waals surface area (Å²) in [5, 5.41) is 13.5. The molecule has 1 saturated heterocycles. The molecule has 1 fully saturated rings. The molecule has 26 heavy (non-hydrogen) atoms. The van der Waals surface area contributed by atoms with Crippen molar-refractivity contribution in [2.45, 2.75) is 45.1 Å². The van der Waals surface area contributed by atoms with Crippen LogP contribution in [0.25, 0.3) is 4.96 Å². The van der Waals surface area contributed by atoms with Crippen molar-refractivity contribution in [1.29, 1.82) is 0 Å². The highest BCUT2D eigenvalue weighted by Crippen LogP contribution is 2.30. The fourth-order valence-electron chi connectivity index (χ4n) is 3.74. The molecule has 3 aromatic heterocycles. The van der Waals surface area contributed by atoms with Crippen molar-refractivity contribution in [2.24, 2.45) is 0 Å². The Morgan fingerprint density at radius 1 is 1.42 bits per heavy atom. The molecule has 5 rings (SSSR count). The minimum absolute atomic E-state index is 0.115. The molecule has 0 spiro atoms. The zero-order valence-electron chi connectivity index (χ0n) is 14.4. The standard InChI is InChI=1S/C16H19N7O2S/c1-2-14-19-23-15(24)5-10(18-16(23)26-14)7-21-4-3-13-12(8-21)22-11(9-25-13)6-17-20-22/h5-6,12-13H,2-4,7-9H2,1H3/t12-,13-/m0/s1. The third-order valence-corrected chi connectivity index (χ3v) is 6.09. The van der Waals surface area contributed by atoms with Gasteiger partial charge in [0.25, 0.3) is 5.56 Å². The average Bonchev–Trinajstić information content (AvgIpc) is 3.28. The van der Waals surface area contributed by atoms with Crippen LogP contribution >= 0.6 is 11.3 Å². The van der Waals surface area contributed by atoms with E-state index in [0.717, 1.165) is 42.3 Å². The highest BCUT2D eigenvalue weighted by atomic mass is 32.1. The van der Waals surface area contributed by atoms with Crippen molar-refractivity contribution in [1.82, 2.24) is 34.5 Å². The number of piperidine rings is 1. The first-order valence-electron chi connectivity index (χ1n) is 8.83. The smallest absolute Gasteiger partial charge is 0.275 e. The number of aryl methyl sites for hydroxylation is 1. The summed E-state index contributed by atoms with van der Waals surface area (Å²) in [6, 6.07) is 1.76. The van der Waals surface area contributed by atoms with E-state index in [1.807, 2.05) is 11.6 Å². The van der Waals surface area contributed by atoms with Crippen LogP contribution in [0, 0.1) is 0 Å². The summed E-state index contributed by atoms with van der Waals surface area (Å²) in [5.74, 6) is 0. The van der Waals surface area contributed by atoms with E-state index in [0.29, 0.717) is 18.1 Å². The summed E-state index contributed by atoms with van der Waals surface area (Å²) in [4.78, 5) is 20.0. The van der Waals surface area contributed by atoms with Gasteiger partial charge in [0.05, 0.1) is 36.3 Å². The Morgan fingerprint density at radius 2 is 2.35 bits per heavy atom. The number of rotatable bonds is 3. The summed E-state index contributed by atoms with van der Waals surface area (Å²) < 4.78 is 9.34. The van der Waals surface area contributed by atoms with Gasteiger partial charge in [0.2, 0.25) is 4.96 Å². The minimum Gasteiger partial charge on any atom is -0.370 e. The van der Waals surface area contributed by atoms with Gasteiger partial charge < -0.3 is 4.74 Å². The first kappa shape index (κ1) is 16.0. The number of hydrogen-bond donors (Lipinski definition) is 0. The fourth-order valence-corrected chi connectivity index (χ4v) is 4.59. The van der Waals surface area contributed by atoms with E-state index >= 15 is 0 Å². The van der Waals surface area contributed by atoms with E-state index in [4.69, 9.17) is 4.74 Å². The van der Waals surface area contributed by atoms with Gasteiger partial charge in [-0.1, -0.05) is 23.5 Å². The van der Waals surface area contributed by atoms with Crippen molar-refractivity contribution in [3.63, 3.8) is 0 Å². The van der Waals surface area contributed by atoms with Crippen LogP contribution < -0.4 is 5.56 Å². The molecule has 0 radical (unpaired) electrons. The van der Waals surface area contributed by atoms with Gasteiger partial charge in [-0.25, -0.2) is 9.67 Å². The zero-order chi connectivity index (χ0) is 17.7. The van der Waals surface area contributed by atoms with Crippen molar-refractivity contribution < 1.29 is 4.74 Å². The molecule has 0 aliphatic carbocycles. The summed E-state index contributed by atoms with van der Waals surface area (Å²) in [6.45, 7) is 4.96. The number of fused-ring (bicyclic) bond motifs is 4. The van der Waals surface area contributed by atoms with Crippen LogP contribution in [0.2, 0.25) is 0 Å². The van der Waals surface area contributed by atoms with Crippen LogP contribution in [-0.4, -0.2) is 53.7 Å². The summed E-state index contributed by atoms with van der Waals surface area (Å²) in [7, 11) is 0. The fraction of sp³-hybridized carbons (Fsp3) is 0.562. The SMILES string of the molecule is CCc1nn2c(=O)cc(CN3CC[C@@H]4OCc5cnnn5[C@H]4C3)nc2s1. The summed E-state index contributed by atoms with van der Waals surface area (Å²) in [5.41, 5.74) is 1.69. The minimum atomic E-state index is -0.115. The van der Waals surface area contributed by atoms with Crippen LogP contribution in [0.5, 0.6) is 0 Å². The van der Waals surface area contributed by atoms with Crippen LogP contribution in [0.1, 0.15) is 35.8 Å². The summed E-state index contributed by atoms with van der Waals surface area (Å²) >= 11 is 1.48.